The lowest BCUT2D eigenvalue weighted by Gasteiger charge is -2.26. The molecule has 0 unspecified atom stereocenters. The highest BCUT2D eigenvalue weighted by Gasteiger charge is 2.34. The van der Waals surface area contributed by atoms with E-state index in [2.05, 4.69) is 20.4 Å². The van der Waals surface area contributed by atoms with Crippen LogP contribution in [0.3, 0.4) is 0 Å². The molecule has 0 spiro atoms. The van der Waals surface area contributed by atoms with Crippen LogP contribution in [0.2, 0.25) is 10.0 Å². The van der Waals surface area contributed by atoms with Crippen molar-refractivity contribution in [1.29, 1.82) is 0 Å². The average Bonchev–Trinajstić information content (AvgIpc) is 3.55. The number of nitrogens with zero attached hydrogens (tertiary/aromatic N) is 2. The second kappa shape index (κ2) is 9.63. The number of hydrogen-bond acceptors (Lipinski definition) is 3. The largest absolute Gasteiger partial charge is 0.335 e. The van der Waals surface area contributed by atoms with E-state index < -0.39 is 10.0 Å². The quantitative estimate of drug-likeness (QED) is 0.436. The second-order valence-electron chi connectivity index (χ2n) is 8.00. The smallest absolute Gasteiger partial charge is 0.266 e. The highest BCUT2D eigenvalue weighted by molar-refractivity contribution is 7.93. The SMILES string of the molecule is C=CCN(c1ccccc1Cl)S(=O)(=O)c1cc(C(=O)N(CC(C)C)C2CC2)ccc1Cl. The van der Waals surface area contributed by atoms with Crippen LogP contribution in [-0.4, -0.2) is 38.4 Å². The molecule has 8 heteroatoms. The molecule has 5 nitrogen and oxygen atoms in total. The Kier molecular flexibility index (Phi) is 7.35. The van der Waals surface area contributed by atoms with E-state index in [1.165, 1.54) is 18.2 Å². The zero-order valence-electron chi connectivity index (χ0n) is 17.6. The molecule has 2 aromatic carbocycles. The van der Waals surface area contributed by atoms with Crippen molar-refractivity contribution in [2.45, 2.75) is 37.6 Å². The van der Waals surface area contributed by atoms with Gasteiger partial charge < -0.3 is 4.90 Å². The number of carbonyl (C=O) groups is 1. The lowest BCUT2D eigenvalue weighted by atomic mass is 10.1. The summed E-state index contributed by atoms with van der Waals surface area (Å²) in [5.41, 5.74) is 0.615. The molecule has 0 heterocycles. The van der Waals surface area contributed by atoms with Crippen molar-refractivity contribution in [3.8, 4) is 0 Å². The Hall–Kier alpha value is -2.02. The summed E-state index contributed by atoms with van der Waals surface area (Å²) in [7, 11) is -4.10. The van der Waals surface area contributed by atoms with Crippen LogP contribution in [0, 0.1) is 5.92 Å². The monoisotopic (exact) mass is 480 g/mol. The van der Waals surface area contributed by atoms with E-state index in [-0.39, 0.29) is 33.4 Å². The van der Waals surface area contributed by atoms with E-state index in [0.717, 1.165) is 17.1 Å². The highest BCUT2D eigenvalue weighted by Crippen LogP contribution is 2.34. The van der Waals surface area contributed by atoms with Crippen LogP contribution < -0.4 is 4.31 Å². The summed E-state index contributed by atoms with van der Waals surface area (Å²) in [6.07, 6.45) is 3.41. The van der Waals surface area contributed by atoms with Crippen LogP contribution in [0.25, 0.3) is 0 Å². The van der Waals surface area contributed by atoms with Crippen molar-refractivity contribution in [2.24, 2.45) is 5.92 Å². The van der Waals surface area contributed by atoms with Crippen LogP contribution in [0.15, 0.2) is 60.0 Å². The van der Waals surface area contributed by atoms with Crippen LogP contribution >= 0.6 is 23.2 Å². The molecule has 0 aromatic heterocycles. The van der Waals surface area contributed by atoms with Crippen LogP contribution in [-0.2, 0) is 10.0 Å². The summed E-state index contributed by atoms with van der Waals surface area (Å²) >= 11 is 12.6. The summed E-state index contributed by atoms with van der Waals surface area (Å²) in [5.74, 6) is 0.126. The van der Waals surface area contributed by atoms with Crippen LogP contribution in [0.4, 0.5) is 5.69 Å². The summed E-state index contributed by atoms with van der Waals surface area (Å²) in [6, 6.07) is 11.3. The number of halogens is 2. The fourth-order valence-electron chi connectivity index (χ4n) is 3.39. The van der Waals surface area contributed by atoms with Gasteiger partial charge in [-0.2, -0.15) is 0 Å². The molecule has 1 aliphatic carbocycles. The molecule has 0 aliphatic heterocycles. The molecule has 0 bridgehead atoms. The molecule has 1 aliphatic rings. The molecular weight excluding hydrogens is 455 g/mol. The van der Waals surface area contributed by atoms with Gasteiger partial charge in [0.05, 0.1) is 22.3 Å². The van der Waals surface area contributed by atoms with Crippen molar-refractivity contribution >= 4 is 44.8 Å². The van der Waals surface area contributed by atoms with E-state index in [9.17, 15) is 13.2 Å². The fraction of sp³-hybridized carbons (Fsp3) is 0.348. The van der Waals surface area contributed by atoms with Gasteiger partial charge in [0.25, 0.3) is 15.9 Å². The summed E-state index contributed by atoms with van der Waals surface area (Å²) in [5, 5.41) is 0.326. The minimum atomic E-state index is -4.10. The Morgan fingerprint density at radius 2 is 1.84 bits per heavy atom. The Bertz CT molecular complexity index is 1080. The molecule has 0 N–H and O–H groups in total. The van der Waals surface area contributed by atoms with Crippen molar-refractivity contribution in [1.82, 2.24) is 4.90 Å². The molecule has 2 aromatic rings. The Morgan fingerprint density at radius 3 is 2.42 bits per heavy atom. The topological polar surface area (TPSA) is 57.7 Å². The zero-order chi connectivity index (χ0) is 22.8. The Labute approximate surface area is 194 Å². The number of anilines is 1. The lowest BCUT2D eigenvalue weighted by molar-refractivity contribution is 0.0722. The summed E-state index contributed by atoms with van der Waals surface area (Å²) < 4.78 is 28.3. The maximum absolute atomic E-state index is 13.6. The molecule has 0 atom stereocenters. The minimum Gasteiger partial charge on any atom is -0.335 e. The van der Waals surface area contributed by atoms with Gasteiger partial charge in [-0.1, -0.05) is 55.3 Å². The number of para-hydroxylation sites is 1. The van der Waals surface area contributed by atoms with Gasteiger partial charge in [0.15, 0.2) is 0 Å². The summed E-state index contributed by atoms with van der Waals surface area (Å²) in [4.78, 5) is 14.9. The Morgan fingerprint density at radius 1 is 1.16 bits per heavy atom. The predicted molar refractivity (Wildman–Crippen MR) is 127 cm³/mol. The fourth-order valence-corrected chi connectivity index (χ4v) is 5.64. The van der Waals surface area contributed by atoms with Gasteiger partial charge in [-0.25, -0.2) is 8.42 Å². The van der Waals surface area contributed by atoms with Crippen molar-refractivity contribution in [2.75, 3.05) is 17.4 Å². The molecule has 1 fully saturated rings. The first-order valence-electron chi connectivity index (χ1n) is 10.2. The van der Waals surface area contributed by atoms with E-state index in [1.807, 2.05) is 4.90 Å². The van der Waals surface area contributed by atoms with E-state index >= 15 is 0 Å². The first kappa shape index (κ1) is 23.6. The molecule has 31 heavy (non-hydrogen) atoms. The van der Waals surface area contributed by atoms with Gasteiger partial charge in [-0.15, -0.1) is 6.58 Å². The van der Waals surface area contributed by atoms with Crippen LogP contribution in [0.1, 0.15) is 37.0 Å². The van der Waals surface area contributed by atoms with Gasteiger partial charge in [0, 0.05) is 18.2 Å². The third kappa shape index (κ3) is 5.25. The highest BCUT2D eigenvalue weighted by atomic mass is 35.5. The first-order chi connectivity index (χ1) is 14.7. The molecule has 0 saturated heterocycles. The van der Waals surface area contributed by atoms with E-state index in [4.69, 9.17) is 23.2 Å². The number of sulfonamides is 1. The summed E-state index contributed by atoms with van der Waals surface area (Å²) in [6.45, 7) is 8.39. The standard InChI is InChI=1S/C23H26Cl2N2O3S/c1-4-13-27(21-8-6-5-7-19(21)24)31(29,30)22-14-17(9-12-20(22)25)23(28)26(15-16(2)3)18-10-11-18/h4-9,12,14,16,18H,1,10-11,13,15H2,2-3H3. The van der Waals surface area contributed by atoms with Gasteiger partial charge in [0.2, 0.25) is 0 Å². The molecule has 1 saturated carbocycles. The minimum absolute atomic E-state index is 0.00210. The van der Waals surface area contributed by atoms with E-state index in [1.54, 1.807) is 30.3 Å². The molecule has 1 amide bonds. The van der Waals surface area contributed by atoms with Crippen molar-refractivity contribution < 1.29 is 13.2 Å². The maximum atomic E-state index is 13.6. The molecule has 3 rings (SSSR count). The number of rotatable bonds is 9. The predicted octanol–water partition coefficient (Wildman–Crippen LogP) is 5.64. The number of hydrogen-bond donors (Lipinski definition) is 0. The van der Waals surface area contributed by atoms with Gasteiger partial charge in [0.1, 0.15) is 4.90 Å². The number of amides is 1. The number of carbonyl (C=O) groups excluding carboxylic acids is 1. The molecule has 166 valence electrons. The zero-order valence-corrected chi connectivity index (χ0v) is 19.9. The second-order valence-corrected chi connectivity index (χ2v) is 10.6. The lowest BCUT2D eigenvalue weighted by Crippen LogP contribution is -2.36. The van der Waals surface area contributed by atoms with Gasteiger partial charge in [-0.05, 0) is 49.1 Å². The van der Waals surface area contributed by atoms with Crippen LogP contribution in [0.5, 0.6) is 0 Å². The third-order valence-electron chi connectivity index (χ3n) is 4.97. The Balaban J connectivity index is 2.04. The normalized spacial score (nSPS) is 13.8. The first-order valence-corrected chi connectivity index (χ1v) is 12.3. The molecular formula is C23H26Cl2N2O3S. The van der Waals surface area contributed by atoms with Crippen molar-refractivity contribution in [3.63, 3.8) is 0 Å². The van der Waals surface area contributed by atoms with Crippen molar-refractivity contribution in [3.05, 3.63) is 70.7 Å². The third-order valence-corrected chi connectivity index (χ3v) is 7.55. The number of benzene rings is 2. The molecule has 0 radical (unpaired) electrons. The maximum Gasteiger partial charge on any atom is 0.266 e. The van der Waals surface area contributed by atoms with Gasteiger partial charge in [-0.3, -0.25) is 9.10 Å². The van der Waals surface area contributed by atoms with E-state index in [0.29, 0.717) is 23.7 Å². The average molecular weight is 481 g/mol. The van der Waals surface area contributed by atoms with Gasteiger partial charge >= 0.3 is 0 Å².